The van der Waals surface area contributed by atoms with Crippen LogP contribution < -0.4 is 10.1 Å². The van der Waals surface area contributed by atoms with Gasteiger partial charge in [0.1, 0.15) is 5.75 Å². The fourth-order valence-corrected chi connectivity index (χ4v) is 3.60. The van der Waals surface area contributed by atoms with Gasteiger partial charge >= 0.3 is 0 Å². The quantitative estimate of drug-likeness (QED) is 0.793. The number of amides is 1. The first-order valence-corrected chi connectivity index (χ1v) is 9.54. The lowest BCUT2D eigenvalue weighted by Gasteiger charge is -2.29. The van der Waals surface area contributed by atoms with Crippen molar-refractivity contribution in [3.8, 4) is 17.2 Å². The predicted molar refractivity (Wildman–Crippen MR) is 96.6 cm³/mol. The van der Waals surface area contributed by atoms with Crippen LogP contribution in [0.1, 0.15) is 32.6 Å². The standard InChI is InChI=1S/C18H23N3O3S/c1-12-5-3-4-6-15(12)19-16(22)11-25-18-21-20-17(24-18)13-7-9-14(23-2)10-8-13/h7-10,12,15H,3-6,11H2,1-2H3,(H,19,22)/t12-,15+/m0/s1. The van der Waals surface area contributed by atoms with Crippen LogP contribution in [0, 0.1) is 5.92 Å². The van der Waals surface area contributed by atoms with Crippen molar-refractivity contribution < 1.29 is 13.9 Å². The highest BCUT2D eigenvalue weighted by atomic mass is 32.2. The number of hydrogen-bond donors (Lipinski definition) is 1. The largest absolute Gasteiger partial charge is 0.497 e. The van der Waals surface area contributed by atoms with E-state index in [1.807, 2.05) is 24.3 Å². The van der Waals surface area contributed by atoms with Crippen LogP contribution in [0.15, 0.2) is 33.9 Å². The van der Waals surface area contributed by atoms with Crippen molar-refractivity contribution in [2.45, 2.75) is 43.9 Å². The Labute approximate surface area is 151 Å². The molecule has 3 rings (SSSR count). The third-order valence-electron chi connectivity index (χ3n) is 4.53. The summed E-state index contributed by atoms with van der Waals surface area (Å²) in [6.07, 6.45) is 4.71. The first-order valence-electron chi connectivity index (χ1n) is 8.56. The normalized spacial score (nSPS) is 20.2. The second-order valence-corrected chi connectivity index (χ2v) is 7.25. The summed E-state index contributed by atoms with van der Waals surface area (Å²) in [5.41, 5.74) is 0.820. The number of nitrogens with zero attached hydrogens (tertiary/aromatic N) is 2. The Morgan fingerprint density at radius 2 is 2.04 bits per heavy atom. The molecule has 25 heavy (non-hydrogen) atoms. The average molecular weight is 361 g/mol. The molecule has 1 heterocycles. The van der Waals surface area contributed by atoms with E-state index in [1.54, 1.807) is 7.11 Å². The number of carbonyl (C=O) groups is 1. The number of methoxy groups -OCH3 is 1. The van der Waals surface area contributed by atoms with Crippen molar-refractivity contribution in [2.24, 2.45) is 5.92 Å². The van der Waals surface area contributed by atoms with Gasteiger partial charge in [-0.3, -0.25) is 4.79 Å². The van der Waals surface area contributed by atoms with E-state index in [2.05, 4.69) is 22.4 Å². The molecule has 1 saturated carbocycles. The lowest BCUT2D eigenvalue weighted by Crippen LogP contribution is -2.41. The molecule has 0 spiro atoms. The molecule has 0 aliphatic heterocycles. The summed E-state index contributed by atoms with van der Waals surface area (Å²) in [7, 11) is 1.62. The maximum absolute atomic E-state index is 12.1. The summed E-state index contributed by atoms with van der Waals surface area (Å²) in [4.78, 5) is 12.1. The monoisotopic (exact) mass is 361 g/mol. The van der Waals surface area contributed by atoms with Crippen molar-refractivity contribution >= 4 is 17.7 Å². The maximum atomic E-state index is 12.1. The van der Waals surface area contributed by atoms with Crippen molar-refractivity contribution in [2.75, 3.05) is 12.9 Å². The fourth-order valence-electron chi connectivity index (χ4n) is 3.02. The van der Waals surface area contributed by atoms with Gasteiger partial charge in [-0.15, -0.1) is 10.2 Å². The molecule has 1 amide bonds. The minimum Gasteiger partial charge on any atom is -0.497 e. The molecule has 1 aromatic carbocycles. The van der Waals surface area contributed by atoms with Crippen molar-refractivity contribution in [1.29, 1.82) is 0 Å². The van der Waals surface area contributed by atoms with Crippen LogP contribution in [0.2, 0.25) is 0 Å². The molecule has 1 aromatic heterocycles. The van der Waals surface area contributed by atoms with Crippen LogP contribution in [0.3, 0.4) is 0 Å². The van der Waals surface area contributed by atoms with Gasteiger partial charge in [0.15, 0.2) is 0 Å². The van der Waals surface area contributed by atoms with E-state index in [-0.39, 0.29) is 11.7 Å². The van der Waals surface area contributed by atoms with E-state index in [0.717, 1.165) is 17.7 Å². The second-order valence-electron chi connectivity index (χ2n) is 6.33. The third-order valence-corrected chi connectivity index (χ3v) is 5.35. The lowest BCUT2D eigenvalue weighted by molar-refractivity contribution is -0.119. The zero-order chi connectivity index (χ0) is 17.6. The van der Waals surface area contributed by atoms with Gasteiger partial charge in [0.2, 0.25) is 11.8 Å². The molecule has 0 bridgehead atoms. The van der Waals surface area contributed by atoms with E-state index >= 15 is 0 Å². The first-order chi connectivity index (χ1) is 12.2. The zero-order valence-corrected chi connectivity index (χ0v) is 15.3. The number of thioether (sulfide) groups is 1. The summed E-state index contributed by atoms with van der Waals surface area (Å²) in [5.74, 6) is 2.06. The molecule has 2 aromatic rings. The highest BCUT2D eigenvalue weighted by molar-refractivity contribution is 7.99. The van der Waals surface area contributed by atoms with Crippen molar-refractivity contribution in [1.82, 2.24) is 15.5 Å². The molecule has 1 aliphatic carbocycles. The Balaban J connectivity index is 1.51. The number of aromatic nitrogens is 2. The number of carbonyl (C=O) groups excluding carboxylic acids is 1. The van der Waals surface area contributed by atoms with Crippen molar-refractivity contribution in [3.63, 3.8) is 0 Å². The third kappa shape index (κ3) is 4.75. The minimum atomic E-state index is 0.0212. The van der Waals surface area contributed by atoms with Gasteiger partial charge in [0.25, 0.3) is 5.22 Å². The Bertz CT molecular complexity index is 702. The highest BCUT2D eigenvalue weighted by Gasteiger charge is 2.23. The zero-order valence-electron chi connectivity index (χ0n) is 14.5. The Morgan fingerprint density at radius 1 is 1.28 bits per heavy atom. The molecule has 134 valence electrons. The average Bonchev–Trinajstić information content (AvgIpc) is 3.11. The Hall–Kier alpha value is -2.02. The smallest absolute Gasteiger partial charge is 0.277 e. The van der Waals surface area contributed by atoms with Gasteiger partial charge in [-0.05, 0) is 43.0 Å². The topological polar surface area (TPSA) is 77.2 Å². The van der Waals surface area contributed by atoms with E-state index in [4.69, 9.17) is 9.15 Å². The SMILES string of the molecule is COc1ccc(-c2nnc(SCC(=O)N[C@@H]3CCCC[C@@H]3C)o2)cc1. The molecule has 7 heteroatoms. The lowest BCUT2D eigenvalue weighted by atomic mass is 9.86. The molecule has 0 saturated heterocycles. The summed E-state index contributed by atoms with van der Waals surface area (Å²) >= 11 is 1.26. The maximum Gasteiger partial charge on any atom is 0.277 e. The minimum absolute atomic E-state index is 0.0212. The Morgan fingerprint density at radius 3 is 2.76 bits per heavy atom. The van der Waals surface area contributed by atoms with Gasteiger partial charge in [-0.1, -0.05) is 31.5 Å². The first kappa shape index (κ1) is 17.8. The molecule has 1 N–H and O–H groups in total. The van der Waals surface area contributed by atoms with E-state index < -0.39 is 0 Å². The molecule has 1 aliphatic rings. The number of ether oxygens (including phenoxy) is 1. The van der Waals surface area contributed by atoms with Crippen LogP contribution in [0.5, 0.6) is 5.75 Å². The number of nitrogens with one attached hydrogen (secondary N) is 1. The molecular weight excluding hydrogens is 338 g/mol. The summed E-state index contributed by atoms with van der Waals surface area (Å²) in [5, 5.41) is 11.6. The van der Waals surface area contributed by atoms with E-state index in [0.29, 0.717) is 23.1 Å². The molecule has 1 fully saturated rings. The van der Waals surface area contributed by atoms with Crippen molar-refractivity contribution in [3.05, 3.63) is 24.3 Å². The van der Waals surface area contributed by atoms with Gasteiger partial charge in [-0.2, -0.15) is 0 Å². The summed E-state index contributed by atoms with van der Waals surface area (Å²) in [6.45, 7) is 2.20. The van der Waals surface area contributed by atoms with Crippen LogP contribution in [-0.2, 0) is 4.79 Å². The van der Waals surface area contributed by atoms with Crippen LogP contribution in [-0.4, -0.2) is 35.0 Å². The number of hydrogen-bond acceptors (Lipinski definition) is 6. The fraction of sp³-hybridized carbons (Fsp3) is 0.500. The van der Waals surface area contributed by atoms with Gasteiger partial charge in [0.05, 0.1) is 12.9 Å². The Kier molecular flexibility index (Phi) is 5.96. The van der Waals surface area contributed by atoms with Crippen LogP contribution >= 0.6 is 11.8 Å². The molecule has 0 radical (unpaired) electrons. The van der Waals surface area contributed by atoms with Gasteiger partial charge in [0, 0.05) is 11.6 Å². The van der Waals surface area contributed by atoms with Crippen LogP contribution in [0.25, 0.3) is 11.5 Å². The molecule has 0 unspecified atom stereocenters. The number of benzene rings is 1. The molecular formula is C18H23N3O3S. The summed E-state index contributed by atoms with van der Waals surface area (Å²) < 4.78 is 10.8. The highest BCUT2D eigenvalue weighted by Crippen LogP contribution is 2.26. The second kappa shape index (κ2) is 8.38. The molecule has 6 nitrogen and oxygen atoms in total. The van der Waals surface area contributed by atoms with Crippen LogP contribution in [0.4, 0.5) is 0 Å². The summed E-state index contributed by atoms with van der Waals surface area (Å²) in [6, 6.07) is 7.69. The van der Waals surface area contributed by atoms with E-state index in [9.17, 15) is 4.79 Å². The predicted octanol–water partition coefficient (Wildman–Crippen LogP) is 3.53. The number of rotatable bonds is 6. The molecule has 2 atom stereocenters. The van der Waals surface area contributed by atoms with Gasteiger partial charge < -0.3 is 14.5 Å². The van der Waals surface area contributed by atoms with Gasteiger partial charge in [-0.25, -0.2) is 0 Å². The van der Waals surface area contributed by atoms with E-state index in [1.165, 1.54) is 31.0 Å².